The molecule has 0 atom stereocenters. The summed E-state index contributed by atoms with van der Waals surface area (Å²) in [6.07, 6.45) is 1.76. The average molecular weight is 463 g/mol. The Bertz CT molecular complexity index is 1240. The van der Waals surface area contributed by atoms with Gasteiger partial charge in [0.15, 0.2) is 5.65 Å². The number of carbonyl (C=O) groups is 1. The van der Waals surface area contributed by atoms with E-state index in [0.29, 0.717) is 5.56 Å². The number of imidazole rings is 1. The van der Waals surface area contributed by atoms with E-state index in [1.807, 2.05) is 18.2 Å². The van der Waals surface area contributed by atoms with Crippen molar-refractivity contribution in [1.82, 2.24) is 24.8 Å². The van der Waals surface area contributed by atoms with Gasteiger partial charge in [-0.1, -0.05) is 36.4 Å². The highest BCUT2D eigenvalue weighted by molar-refractivity contribution is 5.95. The number of aromatic nitrogens is 3. The van der Waals surface area contributed by atoms with Crippen molar-refractivity contribution in [2.75, 3.05) is 33.2 Å². The van der Waals surface area contributed by atoms with Gasteiger partial charge in [-0.2, -0.15) is 0 Å². The molecule has 1 aliphatic rings. The number of piperazine rings is 1. The Morgan fingerprint density at radius 2 is 1.64 bits per heavy atom. The first kappa shape index (κ1) is 22.9. The summed E-state index contributed by atoms with van der Waals surface area (Å²) in [4.78, 5) is 28.9. The van der Waals surface area contributed by atoms with Crippen molar-refractivity contribution in [3.05, 3.63) is 71.9 Å². The van der Waals surface area contributed by atoms with E-state index in [1.54, 1.807) is 18.3 Å². The topological polar surface area (TPSA) is 91.1 Å². The third-order valence-electron chi connectivity index (χ3n) is 6.09. The van der Waals surface area contributed by atoms with Crippen LogP contribution in [0.1, 0.15) is 15.9 Å². The van der Waals surface area contributed by atoms with Gasteiger partial charge < -0.3 is 15.6 Å². The Hall–Kier alpha value is -3.26. The van der Waals surface area contributed by atoms with Crippen molar-refractivity contribution in [2.45, 2.75) is 6.54 Å². The van der Waals surface area contributed by atoms with Gasteiger partial charge in [0.05, 0.1) is 0 Å². The Labute approximate surface area is 199 Å². The van der Waals surface area contributed by atoms with Crippen molar-refractivity contribution in [1.29, 1.82) is 0 Å². The maximum Gasteiger partial charge on any atom is 0.248 e. The summed E-state index contributed by atoms with van der Waals surface area (Å²) >= 11 is 0. The number of H-pyrrole nitrogens is 1. The van der Waals surface area contributed by atoms with E-state index < -0.39 is 5.91 Å². The fourth-order valence-electron chi connectivity index (χ4n) is 4.13. The molecular formula is C25H27ClN6O. The number of primary amides is 1. The Morgan fingerprint density at radius 1 is 0.970 bits per heavy atom. The molecule has 4 aromatic rings. The van der Waals surface area contributed by atoms with Gasteiger partial charge in [-0.25, -0.2) is 9.97 Å². The monoisotopic (exact) mass is 462 g/mol. The molecule has 1 fully saturated rings. The number of nitrogens with zero attached hydrogens (tertiary/aromatic N) is 4. The zero-order chi connectivity index (χ0) is 22.1. The lowest BCUT2D eigenvalue weighted by Gasteiger charge is -2.32. The van der Waals surface area contributed by atoms with E-state index in [2.05, 4.69) is 51.1 Å². The highest BCUT2D eigenvalue weighted by Crippen LogP contribution is 2.29. The Morgan fingerprint density at radius 3 is 2.30 bits per heavy atom. The fourth-order valence-corrected chi connectivity index (χ4v) is 4.13. The minimum absolute atomic E-state index is 0. The lowest BCUT2D eigenvalue weighted by molar-refractivity contribution is 0.100. The SMILES string of the molecule is CN1CCN(Cc2ccc(-c3nc4c(-c5ccc(C(N)=O)cc5)ccnc4[nH]3)cc2)CC1.Cl. The van der Waals surface area contributed by atoms with Crippen molar-refractivity contribution < 1.29 is 4.79 Å². The van der Waals surface area contributed by atoms with Crippen LogP contribution < -0.4 is 5.73 Å². The van der Waals surface area contributed by atoms with Gasteiger partial charge in [-0.05, 0) is 36.4 Å². The number of rotatable bonds is 5. The third kappa shape index (κ3) is 4.90. The van der Waals surface area contributed by atoms with Crippen LogP contribution >= 0.6 is 12.4 Å². The van der Waals surface area contributed by atoms with Crippen molar-refractivity contribution >= 4 is 29.5 Å². The summed E-state index contributed by atoms with van der Waals surface area (Å²) in [6, 6.07) is 17.8. The van der Waals surface area contributed by atoms with Crippen molar-refractivity contribution in [3.8, 4) is 22.5 Å². The molecule has 2 aromatic heterocycles. The largest absolute Gasteiger partial charge is 0.366 e. The molecule has 0 spiro atoms. The number of halogens is 1. The van der Waals surface area contributed by atoms with Gasteiger partial charge in [-0.15, -0.1) is 12.4 Å². The molecule has 1 aliphatic heterocycles. The number of amides is 1. The summed E-state index contributed by atoms with van der Waals surface area (Å²) in [5.74, 6) is 0.356. The maximum atomic E-state index is 11.4. The van der Waals surface area contributed by atoms with Crippen LogP contribution in [0.25, 0.3) is 33.7 Å². The smallest absolute Gasteiger partial charge is 0.248 e. The Kier molecular flexibility index (Phi) is 6.74. The quantitative estimate of drug-likeness (QED) is 0.473. The number of carbonyl (C=O) groups excluding carboxylic acids is 1. The van der Waals surface area contributed by atoms with Gasteiger partial charge in [0, 0.05) is 55.6 Å². The van der Waals surface area contributed by atoms with E-state index in [0.717, 1.165) is 66.4 Å². The summed E-state index contributed by atoms with van der Waals surface area (Å²) in [6.45, 7) is 5.43. The molecule has 0 saturated carbocycles. The molecule has 0 radical (unpaired) electrons. The average Bonchev–Trinajstić information content (AvgIpc) is 3.26. The normalized spacial score (nSPS) is 14.8. The number of pyridine rings is 1. The molecule has 8 heteroatoms. The number of nitrogens with one attached hydrogen (secondary N) is 1. The summed E-state index contributed by atoms with van der Waals surface area (Å²) in [5.41, 5.74) is 11.6. The molecule has 0 aliphatic carbocycles. The summed E-state index contributed by atoms with van der Waals surface area (Å²) in [7, 11) is 2.18. The van der Waals surface area contributed by atoms with Gasteiger partial charge in [0.25, 0.3) is 0 Å². The third-order valence-corrected chi connectivity index (χ3v) is 6.09. The number of nitrogens with two attached hydrogens (primary N) is 1. The molecule has 2 aromatic carbocycles. The highest BCUT2D eigenvalue weighted by atomic mass is 35.5. The molecule has 33 heavy (non-hydrogen) atoms. The molecule has 170 valence electrons. The molecule has 0 unspecified atom stereocenters. The zero-order valence-corrected chi connectivity index (χ0v) is 19.3. The number of hydrogen-bond donors (Lipinski definition) is 2. The first-order valence-corrected chi connectivity index (χ1v) is 10.8. The first-order valence-electron chi connectivity index (χ1n) is 10.8. The lowest BCUT2D eigenvalue weighted by Crippen LogP contribution is -2.43. The van der Waals surface area contributed by atoms with Crippen LogP contribution in [0.3, 0.4) is 0 Å². The van der Waals surface area contributed by atoms with Crippen LogP contribution in [-0.4, -0.2) is 63.9 Å². The summed E-state index contributed by atoms with van der Waals surface area (Å²) in [5, 5.41) is 0. The van der Waals surface area contributed by atoms with Crippen LogP contribution in [0.5, 0.6) is 0 Å². The highest BCUT2D eigenvalue weighted by Gasteiger charge is 2.15. The molecule has 3 N–H and O–H groups in total. The minimum Gasteiger partial charge on any atom is -0.366 e. The van der Waals surface area contributed by atoms with E-state index in [4.69, 9.17) is 10.7 Å². The second kappa shape index (κ2) is 9.70. The zero-order valence-electron chi connectivity index (χ0n) is 18.5. The predicted octanol–water partition coefficient (Wildman–Crippen LogP) is 3.56. The molecule has 3 heterocycles. The predicted molar refractivity (Wildman–Crippen MR) is 133 cm³/mol. The van der Waals surface area contributed by atoms with Crippen LogP contribution in [0.4, 0.5) is 0 Å². The molecule has 5 rings (SSSR count). The molecule has 1 amide bonds. The van der Waals surface area contributed by atoms with Crippen molar-refractivity contribution in [3.63, 3.8) is 0 Å². The second-order valence-corrected chi connectivity index (χ2v) is 8.36. The van der Waals surface area contributed by atoms with Crippen LogP contribution in [0, 0.1) is 0 Å². The standard InChI is InChI=1S/C25H26N6O.ClH/c1-30-12-14-31(15-13-30)16-17-2-4-20(5-3-17)24-28-22-21(10-11-27-25(22)29-24)18-6-8-19(9-7-18)23(26)32;/h2-11H,12-16H2,1H3,(H2,26,32)(H,27,28,29);1H. The van der Waals surface area contributed by atoms with Crippen LogP contribution in [0.15, 0.2) is 60.8 Å². The van der Waals surface area contributed by atoms with Gasteiger partial charge in [0.2, 0.25) is 5.91 Å². The number of benzene rings is 2. The van der Waals surface area contributed by atoms with Crippen LogP contribution in [0.2, 0.25) is 0 Å². The number of hydrogen-bond acceptors (Lipinski definition) is 5. The number of fused-ring (bicyclic) bond motifs is 1. The van der Waals surface area contributed by atoms with Gasteiger partial charge in [0.1, 0.15) is 11.3 Å². The molecular weight excluding hydrogens is 436 g/mol. The van der Waals surface area contributed by atoms with Gasteiger partial charge >= 0.3 is 0 Å². The molecule has 0 bridgehead atoms. The fraction of sp³-hybridized carbons (Fsp3) is 0.240. The first-order chi connectivity index (χ1) is 15.6. The Balaban J connectivity index is 0.00000259. The maximum absolute atomic E-state index is 11.4. The van der Waals surface area contributed by atoms with E-state index in [-0.39, 0.29) is 12.4 Å². The second-order valence-electron chi connectivity index (χ2n) is 8.36. The van der Waals surface area contributed by atoms with Crippen LogP contribution in [-0.2, 0) is 6.54 Å². The minimum atomic E-state index is -0.436. The number of aromatic amines is 1. The van der Waals surface area contributed by atoms with Crippen molar-refractivity contribution in [2.24, 2.45) is 5.73 Å². The van der Waals surface area contributed by atoms with Gasteiger partial charge in [-0.3, -0.25) is 9.69 Å². The van der Waals surface area contributed by atoms with E-state index in [1.165, 1.54) is 5.56 Å². The molecule has 1 saturated heterocycles. The van der Waals surface area contributed by atoms with E-state index >= 15 is 0 Å². The molecule has 7 nitrogen and oxygen atoms in total. The lowest BCUT2D eigenvalue weighted by atomic mass is 10.0. The number of likely N-dealkylation sites (N-methyl/N-ethyl adjacent to an activating group) is 1. The van der Waals surface area contributed by atoms with E-state index in [9.17, 15) is 4.79 Å². The summed E-state index contributed by atoms with van der Waals surface area (Å²) < 4.78 is 0.